The van der Waals surface area contributed by atoms with Gasteiger partial charge in [-0.25, -0.2) is 0 Å². The van der Waals surface area contributed by atoms with E-state index in [0.717, 1.165) is 0 Å². The molecule has 0 saturated heterocycles. The van der Waals surface area contributed by atoms with Crippen molar-refractivity contribution in [2.75, 3.05) is 0 Å². The molecule has 0 amide bonds. The Balaban J connectivity index is 0. The summed E-state index contributed by atoms with van der Waals surface area (Å²) in [6, 6.07) is 0. The minimum Gasteiger partial charge on any atom is -0.344 e. The normalized spacial score (nSPS) is 11.2. The van der Waals surface area contributed by atoms with E-state index in [4.69, 9.17) is 20.7 Å². The smallest absolute Gasteiger partial charge is 0.344 e. The fraction of sp³-hybridized carbons (Fsp3) is 1.00. The molecule has 0 aromatic heterocycles. The van der Waals surface area contributed by atoms with Crippen molar-refractivity contribution >= 4 is 39.9 Å². The topological polar surface area (TPSA) is 0 Å². The molecule has 0 heterocycles. The molecule has 0 saturated carbocycles. The molecule has 0 nitrogen and oxygen atoms in total. The number of rotatable bonds is 1. The molecule has 0 bridgehead atoms. The van der Waals surface area contributed by atoms with E-state index < -0.39 is 19.3 Å². The van der Waals surface area contributed by atoms with Crippen LogP contribution in [0.3, 0.4) is 0 Å². The van der Waals surface area contributed by atoms with Gasteiger partial charge >= 0.3 is 19.3 Å². The van der Waals surface area contributed by atoms with Gasteiger partial charge in [0.15, 0.2) is 0 Å². The molecule has 0 radical (unpaired) electrons. The Morgan fingerprint density at radius 3 is 1.83 bits per heavy atom. The van der Waals surface area contributed by atoms with Gasteiger partial charge in [-0.1, -0.05) is 6.92 Å². The number of hydrogen-bond acceptors (Lipinski definition) is 0. The maximum atomic E-state index is 5.39. The van der Waals surface area contributed by atoms with Crippen LogP contribution in [0.2, 0.25) is 0 Å². The van der Waals surface area contributed by atoms with E-state index in [0.29, 0.717) is 0 Å². The first kappa shape index (κ1) is 11.1. The first-order valence-electron chi connectivity index (χ1n) is 1.47. The molecule has 0 N–H and O–H groups in total. The van der Waals surface area contributed by atoms with Crippen LogP contribution >= 0.6 is 20.7 Å². The maximum Gasteiger partial charge on any atom is 0.520 e. The molecule has 0 aromatic carbocycles. The summed E-state index contributed by atoms with van der Waals surface area (Å²) in [4.78, 5) is 0. The predicted octanol–water partition coefficient (Wildman–Crippen LogP) is 1.43. The SMILES string of the molecule is C[CH](Cl)[Mg][Cl].[Zr]. The summed E-state index contributed by atoms with van der Waals surface area (Å²) >= 11 is 4.98. The minimum atomic E-state index is -0.414. The van der Waals surface area contributed by atoms with Crippen molar-refractivity contribution < 1.29 is 26.2 Å². The number of alkyl halides is 1. The third-order valence-electron chi connectivity index (χ3n) is 0.213. The summed E-state index contributed by atoms with van der Waals surface area (Å²) in [5.41, 5.74) is 0. The van der Waals surface area contributed by atoms with Crippen molar-refractivity contribution in [1.29, 1.82) is 0 Å². The van der Waals surface area contributed by atoms with Gasteiger partial charge in [-0.3, -0.25) is 0 Å². The van der Waals surface area contributed by atoms with E-state index in [2.05, 4.69) is 0 Å². The Morgan fingerprint density at radius 2 is 1.83 bits per heavy atom. The fourth-order valence-corrected chi connectivity index (χ4v) is 0. The molecule has 6 heavy (non-hydrogen) atoms. The fourth-order valence-electron chi connectivity index (χ4n) is 0. The first-order chi connectivity index (χ1) is 2.27. The Bertz CT molecular complexity index is 25.5. The van der Waals surface area contributed by atoms with E-state index in [9.17, 15) is 0 Å². The Morgan fingerprint density at radius 1 is 1.67 bits per heavy atom. The van der Waals surface area contributed by atoms with Crippen LogP contribution in [0.5, 0.6) is 0 Å². The van der Waals surface area contributed by atoms with Crippen LogP contribution < -0.4 is 0 Å². The van der Waals surface area contributed by atoms with Gasteiger partial charge in [-0.05, 0) is 3.51 Å². The molecular weight excluding hydrogens is 210 g/mol. The van der Waals surface area contributed by atoms with Crippen LogP contribution in [0, 0.1) is 0 Å². The average Bonchev–Trinajstić information content (AvgIpc) is 1.38. The van der Waals surface area contributed by atoms with Gasteiger partial charge in [0.05, 0.1) is 0 Å². The van der Waals surface area contributed by atoms with E-state index in [-0.39, 0.29) is 29.7 Å². The summed E-state index contributed by atoms with van der Waals surface area (Å²) in [6.07, 6.45) is 0. The minimum absolute atomic E-state index is 0. The summed E-state index contributed by atoms with van der Waals surface area (Å²) < 4.78 is 0.261. The molecule has 0 aliphatic heterocycles. The van der Waals surface area contributed by atoms with E-state index in [1.54, 1.807) is 0 Å². The zero-order chi connectivity index (χ0) is 4.28. The van der Waals surface area contributed by atoms with E-state index in [1.165, 1.54) is 0 Å². The van der Waals surface area contributed by atoms with Crippen molar-refractivity contribution in [2.24, 2.45) is 0 Å². The zero-order valence-corrected chi connectivity index (χ0v) is 8.92. The standard InChI is InChI=1S/C2H4Cl.ClH.Mg.Zr/c1-2-3;;;/h2H,1H3;1H;;/q;;+1;/p-1. The molecule has 0 spiro atoms. The Kier molecular flexibility index (Phi) is 13.4. The molecule has 4 heteroatoms. The van der Waals surface area contributed by atoms with Gasteiger partial charge in [-0.2, -0.15) is 11.6 Å². The van der Waals surface area contributed by atoms with Crippen LogP contribution in [0.1, 0.15) is 6.92 Å². The van der Waals surface area contributed by atoms with Crippen LogP contribution in [0.25, 0.3) is 0 Å². The van der Waals surface area contributed by atoms with Crippen LogP contribution in [-0.4, -0.2) is 22.8 Å². The van der Waals surface area contributed by atoms with Gasteiger partial charge in [0.1, 0.15) is 0 Å². The van der Waals surface area contributed by atoms with Crippen molar-refractivity contribution in [3.63, 3.8) is 0 Å². The van der Waals surface area contributed by atoms with Crippen molar-refractivity contribution in [2.45, 2.75) is 10.4 Å². The molecule has 1 unspecified atom stereocenters. The van der Waals surface area contributed by atoms with Gasteiger partial charge in [0.25, 0.3) is 0 Å². The largest absolute Gasteiger partial charge is 0.520 e. The summed E-state index contributed by atoms with van der Waals surface area (Å²) in [5, 5.41) is 0. The van der Waals surface area contributed by atoms with Gasteiger partial charge in [-0.15, -0.1) is 0 Å². The molecule has 0 aliphatic carbocycles. The van der Waals surface area contributed by atoms with E-state index >= 15 is 0 Å². The maximum absolute atomic E-state index is 5.39. The second-order valence-electron chi connectivity index (χ2n) is 0.935. The third-order valence-corrected chi connectivity index (χ3v) is 2.96. The van der Waals surface area contributed by atoms with Crippen LogP contribution in [-0.2, 0) is 26.2 Å². The van der Waals surface area contributed by atoms with Crippen molar-refractivity contribution in [3.8, 4) is 0 Å². The second-order valence-corrected chi connectivity index (χ2v) is 4.66. The third kappa shape index (κ3) is 9.52. The van der Waals surface area contributed by atoms with Gasteiger partial charge in [0.2, 0.25) is 0 Å². The quantitative estimate of drug-likeness (QED) is 0.458. The summed E-state index contributed by atoms with van der Waals surface area (Å²) in [5.74, 6) is 0. The molecule has 0 aromatic rings. The van der Waals surface area contributed by atoms with Crippen LogP contribution in [0.4, 0.5) is 0 Å². The first-order valence-corrected chi connectivity index (χ1v) is 4.86. The van der Waals surface area contributed by atoms with Gasteiger partial charge < -0.3 is 9.07 Å². The van der Waals surface area contributed by atoms with Gasteiger partial charge in [0, 0.05) is 26.2 Å². The van der Waals surface area contributed by atoms with Crippen LogP contribution in [0.15, 0.2) is 0 Å². The van der Waals surface area contributed by atoms with Crippen molar-refractivity contribution in [1.82, 2.24) is 0 Å². The average molecular weight is 214 g/mol. The predicted molar refractivity (Wildman–Crippen MR) is 26.9 cm³/mol. The molecule has 0 aliphatic rings. The molecular formula is C2H4Cl2MgZr. The second kappa shape index (κ2) is 7.23. The monoisotopic (exact) mass is 212 g/mol. The number of hydrogen-bond donors (Lipinski definition) is 0. The Hall–Kier alpha value is 2.23. The summed E-state index contributed by atoms with van der Waals surface area (Å²) in [6.45, 7) is 1.92. The Labute approximate surface area is 75.6 Å². The molecule has 0 fully saturated rings. The number of halogens is 2. The van der Waals surface area contributed by atoms with E-state index in [1.807, 2.05) is 6.92 Å². The molecule has 0 rings (SSSR count). The zero-order valence-electron chi connectivity index (χ0n) is 3.54. The molecule has 32 valence electrons. The van der Waals surface area contributed by atoms with Crippen molar-refractivity contribution in [3.05, 3.63) is 0 Å². The summed E-state index contributed by atoms with van der Waals surface area (Å²) in [7, 11) is 5.34. The molecule has 1 atom stereocenters.